The van der Waals surface area contributed by atoms with Gasteiger partial charge in [-0.1, -0.05) is 17.7 Å². The summed E-state index contributed by atoms with van der Waals surface area (Å²) in [4.78, 5) is 17.4. The minimum Gasteiger partial charge on any atom is -0.340 e. The van der Waals surface area contributed by atoms with Crippen molar-refractivity contribution in [3.63, 3.8) is 0 Å². The number of halogens is 4. The van der Waals surface area contributed by atoms with Gasteiger partial charge in [-0.2, -0.15) is 17.5 Å². The van der Waals surface area contributed by atoms with E-state index < -0.39 is 26.7 Å². The third kappa shape index (κ3) is 5.11. The fraction of sp³-hybridized carbons (Fsp3) is 0.368. The van der Waals surface area contributed by atoms with Crippen molar-refractivity contribution in [1.29, 1.82) is 0 Å². The zero-order valence-electron chi connectivity index (χ0n) is 15.8. The topological polar surface area (TPSA) is 70.6 Å². The summed E-state index contributed by atoms with van der Waals surface area (Å²) in [5, 5.41) is -0.280. The van der Waals surface area contributed by atoms with Crippen molar-refractivity contribution in [2.45, 2.75) is 23.9 Å². The van der Waals surface area contributed by atoms with Gasteiger partial charge >= 0.3 is 6.18 Å². The van der Waals surface area contributed by atoms with Crippen LogP contribution in [0.1, 0.15) is 17.5 Å². The number of piperazine rings is 1. The van der Waals surface area contributed by atoms with E-state index in [4.69, 9.17) is 11.6 Å². The van der Waals surface area contributed by atoms with E-state index in [9.17, 15) is 26.4 Å². The molecule has 1 aliphatic heterocycles. The number of hydrogen-bond acceptors (Lipinski definition) is 4. The fourth-order valence-corrected chi connectivity index (χ4v) is 5.07. The number of alkyl halides is 3. The smallest absolute Gasteiger partial charge is 0.340 e. The molecule has 0 aliphatic carbocycles. The second-order valence-corrected chi connectivity index (χ2v) is 9.10. The van der Waals surface area contributed by atoms with E-state index in [0.717, 1.165) is 22.0 Å². The van der Waals surface area contributed by atoms with Crippen LogP contribution in [0, 0.1) is 0 Å². The van der Waals surface area contributed by atoms with Crippen LogP contribution in [-0.2, 0) is 27.4 Å². The molecule has 1 aliphatic rings. The Labute approximate surface area is 177 Å². The molecule has 1 fully saturated rings. The molecule has 162 valence electrons. The molecule has 0 saturated carbocycles. The minimum absolute atomic E-state index is 0.0203. The molecule has 0 atom stereocenters. The second-order valence-electron chi connectivity index (χ2n) is 6.79. The van der Waals surface area contributed by atoms with Crippen LogP contribution in [0.2, 0.25) is 5.02 Å². The predicted octanol–water partition coefficient (Wildman–Crippen LogP) is 3.22. The van der Waals surface area contributed by atoms with Gasteiger partial charge in [-0.05, 0) is 36.2 Å². The molecule has 11 heteroatoms. The van der Waals surface area contributed by atoms with Crippen molar-refractivity contribution < 1.29 is 26.4 Å². The quantitative estimate of drug-likeness (QED) is 0.685. The summed E-state index contributed by atoms with van der Waals surface area (Å²) in [6.07, 6.45) is -0.588. The van der Waals surface area contributed by atoms with Gasteiger partial charge in [0.2, 0.25) is 15.9 Å². The van der Waals surface area contributed by atoms with Crippen LogP contribution in [-0.4, -0.2) is 54.7 Å². The highest BCUT2D eigenvalue weighted by molar-refractivity contribution is 7.89. The van der Waals surface area contributed by atoms with E-state index in [1.165, 1.54) is 0 Å². The number of aryl methyl sites for hydroxylation is 1. The van der Waals surface area contributed by atoms with Crippen LogP contribution in [0.15, 0.2) is 47.6 Å². The summed E-state index contributed by atoms with van der Waals surface area (Å²) < 4.78 is 65.6. The predicted molar refractivity (Wildman–Crippen MR) is 104 cm³/mol. The minimum atomic E-state index is -4.69. The van der Waals surface area contributed by atoms with E-state index >= 15 is 0 Å². The Morgan fingerprint density at radius 2 is 1.83 bits per heavy atom. The fourth-order valence-electron chi connectivity index (χ4n) is 3.15. The Balaban J connectivity index is 1.65. The van der Waals surface area contributed by atoms with Crippen molar-refractivity contribution in [3.8, 4) is 0 Å². The molecule has 6 nitrogen and oxygen atoms in total. The number of carbonyl (C=O) groups is 1. The maximum absolute atomic E-state index is 13.0. The molecule has 3 rings (SSSR count). The van der Waals surface area contributed by atoms with Gasteiger partial charge in [-0.15, -0.1) is 0 Å². The first-order valence-electron chi connectivity index (χ1n) is 9.12. The standard InChI is InChI=1S/C19H19ClF3N3O3S/c20-16-5-4-15(19(21,22)23)12-17(16)30(28,29)26-10-8-25(9-11-26)18(27)6-3-14-2-1-7-24-13-14/h1-2,4-5,7,12-13H,3,6,8-11H2. The lowest BCUT2D eigenvalue weighted by Gasteiger charge is -2.34. The SMILES string of the molecule is O=C(CCc1cccnc1)N1CCN(S(=O)(=O)c2cc(C(F)(F)F)ccc2Cl)CC1. The second kappa shape index (κ2) is 8.91. The Kier molecular flexibility index (Phi) is 6.68. The molecule has 0 radical (unpaired) electrons. The molecule has 1 saturated heterocycles. The van der Waals surface area contributed by atoms with Crippen molar-refractivity contribution >= 4 is 27.5 Å². The number of pyridine rings is 1. The largest absolute Gasteiger partial charge is 0.416 e. The number of amides is 1. The first-order valence-corrected chi connectivity index (χ1v) is 10.9. The molecule has 1 aromatic heterocycles. The molecule has 30 heavy (non-hydrogen) atoms. The highest BCUT2D eigenvalue weighted by atomic mass is 35.5. The van der Waals surface area contributed by atoms with E-state index in [1.807, 2.05) is 6.07 Å². The van der Waals surface area contributed by atoms with Crippen molar-refractivity contribution in [2.75, 3.05) is 26.2 Å². The van der Waals surface area contributed by atoms with E-state index in [-0.39, 0.29) is 43.5 Å². The number of carbonyl (C=O) groups excluding carboxylic acids is 1. The third-order valence-corrected chi connectivity index (χ3v) is 7.20. The van der Waals surface area contributed by atoms with Gasteiger partial charge in [0.25, 0.3) is 0 Å². The first kappa shape index (κ1) is 22.5. The molecule has 0 bridgehead atoms. The van der Waals surface area contributed by atoms with Crippen LogP contribution in [0.5, 0.6) is 0 Å². The zero-order valence-corrected chi connectivity index (χ0v) is 17.3. The summed E-state index contributed by atoms with van der Waals surface area (Å²) >= 11 is 5.89. The van der Waals surface area contributed by atoms with Crippen molar-refractivity contribution in [1.82, 2.24) is 14.2 Å². The van der Waals surface area contributed by atoms with Crippen LogP contribution < -0.4 is 0 Å². The Bertz CT molecular complexity index is 1010. The Hall–Kier alpha value is -2.17. The summed E-state index contributed by atoms with van der Waals surface area (Å²) in [6, 6.07) is 5.85. The number of benzene rings is 1. The lowest BCUT2D eigenvalue weighted by atomic mass is 10.1. The molecule has 0 N–H and O–H groups in total. The van der Waals surface area contributed by atoms with E-state index in [0.29, 0.717) is 12.5 Å². The van der Waals surface area contributed by atoms with Crippen molar-refractivity contribution in [2.24, 2.45) is 0 Å². The normalized spacial score (nSPS) is 15.9. The average Bonchev–Trinajstić information content (AvgIpc) is 2.72. The third-order valence-electron chi connectivity index (χ3n) is 4.82. The van der Waals surface area contributed by atoms with Crippen LogP contribution in [0.4, 0.5) is 13.2 Å². The van der Waals surface area contributed by atoms with Gasteiger partial charge in [0.05, 0.1) is 10.6 Å². The summed E-state index contributed by atoms with van der Waals surface area (Å²) in [5.74, 6) is -0.118. The molecular formula is C19H19ClF3N3O3S. The number of hydrogen-bond donors (Lipinski definition) is 0. The summed E-state index contributed by atoms with van der Waals surface area (Å²) in [7, 11) is -4.22. The molecule has 2 heterocycles. The van der Waals surface area contributed by atoms with Gasteiger partial charge in [0, 0.05) is 45.0 Å². The van der Waals surface area contributed by atoms with Crippen molar-refractivity contribution in [3.05, 3.63) is 58.9 Å². The molecule has 0 unspecified atom stereocenters. The van der Waals surface area contributed by atoms with Crippen LogP contribution >= 0.6 is 11.6 Å². The molecular weight excluding hydrogens is 443 g/mol. The maximum atomic E-state index is 13.0. The molecule has 0 spiro atoms. The van der Waals surface area contributed by atoms with Gasteiger partial charge < -0.3 is 4.90 Å². The first-order chi connectivity index (χ1) is 14.1. The number of nitrogens with zero attached hydrogens (tertiary/aromatic N) is 3. The summed E-state index contributed by atoms with van der Waals surface area (Å²) in [6.45, 7) is 0.268. The molecule has 1 amide bonds. The number of sulfonamides is 1. The monoisotopic (exact) mass is 461 g/mol. The van der Waals surface area contributed by atoms with Gasteiger partial charge in [-0.25, -0.2) is 8.42 Å². The molecule has 2 aromatic rings. The summed E-state index contributed by atoms with van der Waals surface area (Å²) in [5.41, 5.74) is -0.166. The van der Waals surface area contributed by atoms with Gasteiger partial charge in [0.15, 0.2) is 0 Å². The lowest BCUT2D eigenvalue weighted by Crippen LogP contribution is -2.50. The number of aromatic nitrogens is 1. The zero-order chi connectivity index (χ0) is 21.9. The lowest BCUT2D eigenvalue weighted by molar-refractivity contribution is -0.137. The van der Waals surface area contributed by atoms with E-state index in [2.05, 4.69) is 4.98 Å². The Morgan fingerprint density at radius 1 is 1.13 bits per heavy atom. The van der Waals surface area contributed by atoms with Crippen LogP contribution in [0.25, 0.3) is 0 Å². The van der Waals surface area contributed by atoms with Gasteiger partial charge in [0.1, 0.15) is 4.90 Å². The Morgan fingerprint density at radius 3 is 2.43 bits per heavy atom. The highest BCUT2D eigenvalue weighted by Crippen LogP contribution is 2.34. The highest BCUT2D eigenvalue weighted by Gasteiger charge is 2.35. The van der Waals surface area contributed by atoms with E-state index in [1.54, 1.807) is 23.4 Å². The number of rotatable bonds is 5. The average molecular weight is 462 g/mol. The molecule has 1 aromatic carbocycles. The van der Waals surface area contributed by atoms with Crippen LogP contribution in [0.3, 0.4) is 0 Å². The van der Waals surface area contributed by atoms with Gasteiger partial charge in [-0.3, -0.25) is 9.78 Å². The maximum Gasteiger partial charge on any atom is 0.416 e.